The molecule has 2 aromatic carbocycles. The summed E-state index contributed by atoms with van der Waals surface area (Å²) in [5.41, 5.74) is 6.85. The molecule has 1 unspecified atom stereocenters. The van der Waals surface area contributed by atoms with Gasteiger partial charge >= 0.3 is 5.97 Å². The molecule has 2 saturated heterocycles. The van der Waals surface area contributed by atoms with Gasteiger partial charge in [0, 0.05) is 44.4 Å². The van der Waals surface area contributed by atoms with E-state index in [9.17, 15) is 9.90 Å². The molecule has 0 spiro atoms. The van der Waals surface area contributed by atoms with Gasteiger partial charge in [-0.15, -0.1) is 0 Å². The van der Waals surface area contributed by atoms with Crippen molar-refractivity contribution in [2.45, 2.75) is 58.2 Å². The summed E-state index contributed by atoms with van der Waals surface area (Å²) in [4.78, 5) is 21.6. The highest BCUT2D eigenvalue weighted by Gasteiger charge is 2.62. The van der Waals surface area contributed by atoms with Gasteiger partial charge in [-0.2, -0.15) is 0 Å². The molecule has 1 aliphatic carbocycles. The van der Waals surface area contributed by atoms with Gasteiger partial charge < -0.3 is 19.5 Å². The molecule has 214 valence electrons. The molecule has 1 saturated carbocycles. The van der Waals surface area contributed by atoms with E-state index in [1.54, 1.807) is 0 Å². The summed E-state index contributed by atoms with van der Waals surface area (Å²) < 4.78 is 12.2. The Balaban J connectivity index is 1.05. The van der Waals surface area contributed by atoms with E-state index in [1.807, 2.05) is 36.4 Å². The van der Waals surface area contributed by atoms with Crippen molar-refractivity contribution in [3.05, 3.63) is 76.9 Å². The van der Waals surface area contributed by atoms with Crippen molar-refractivity contribution in [1.82, 2.24) is 9.88 Å². The third kappa shape index (κ3) is 4.99. The number of aromatic nitrogens is 1. The number of aliphatic carboxylic acids is 1. The molecule has 3 aliphatic heterocycles. The Bertz CT molecular complexity index is 1450. The standard InChI is InChI=1S/C34H39N3O4/c1-23-25(12-11-24-19-36(15-13-28(23)24)27-6-5-17-40-22-27)21-41-31-9-3-2-7-29(31)30-8-4-10-32(35-30)37-16-14-34(33(38)39)18-26(34)20-37/h2-4,7-12,26-27H,5-6,13-22H2,1H3,(H,38,39)/t26-,27?,34+/m0/s1. The number of piperidine rings is 1. The van der Waals surface area contributed by atoms with Gasteiger partial charge in [0.25, 0.3) is 0 Å². The number of ether oxygens (including phenoxy) is 2. The van der Waals surface area contributed by atoms with E-state index in [2.05, 4.69) is 34.9 Å². The van der Waals surface area contributed by atoms with Crippen LogP contribution >= 0.6 is 0 Å². The second-order valence-corrected chi connectivity index (χ2v) is 12.3. The molecule has 7 heteroatoms. The summed E-state index contributed by atoms with van der Waals surface area (Å²) in [5, 5.41) is 9.63. The van der Waals surface area contributed by atoms with E-state index >= 15 is 0 Å². The number of hydrogen-bond donors (Lipinski definition) is 1. The SMILES string of the molecule is Cc1c(COc2ccccc2-c2cccc(N3CC[C@@]4(C(=O)O)C[C@H]4C3)n2)ccc2c1CCN(C1CCCOC1)C2. The number of fused-ring (bicyclic) bond motifs is 2. The number of carboxylic acid groups (broad SMARTS) is 1. The molecule has 1 aromatic heterocycles. The Kier molecular flexibility index (Phi) is 6.95. The normalized spacial score (nSPS) is 25.7. The molecule has 4 heterocycles. The first-order valence-electron chi connectivity index (χ1n) is 15.1. The number of rotatable bonds is 7. The highest BCUT2D eigenvalue weighted by Crippen LogP contribution is 2.58. The van der Waals surface area contributed by atoms with Crippen LogP contribution in [0.2, 0.25) is 0 Å². The molecule has 4 aliphatic rings. The molecule has 7 rings (SSSR count). The van der Waals surface area contributed by atoms with E-state index < -0.39 is 11.4 Å². The van der Waals surface area contributed by atoms with Crippen molar-refractivity contribution >= 4 is 11.8 Å². The molecule has 1 N–H and O–H groups in total. The van der Waals surface area contributed by atoms with Crippen molar-refractivity contribution in [3.63, 3.8) is 0 Å². The topological polar surface area (TPSA) is 75.1 Å². The lowest BCUT2D eigenvalue weighted by Crippen LogP contribution is -2.44. The van der Waals surface area contributed by atoms with Crippen LogP contribution in [0.4, 0.5) is 5.82 Å². The number of nitrogens with zero attached hydrogens (tertiary/aromatic N) is 3. The van der Waals surface area contributed by atoms with E-state index in [1.165, 1.54) is 28.7 Å². The first-order chi connectivity index (χ1) is 20.0. The lowest BCUT2D eigenvalue weighted by atomic mass is 9.91. The van der Waals surface area contributed by atoms with Crippen LogP contribution in [-0.4, -0.2) is 59.8 Å². The van der Waals surface area contributed by atoms with Crippen molar-refractivity contribution in [2.24, 2.45) is 11.3 Å². The molecule has 41 heavy (non-hydrogen) atoms. The zero-order valence-electron chi connectivity index (χ0n) is 23.8. The van der Waals surface area contributed by atoms with Crippen molar-refractivity contribution < 1.29 is 19.4 Å². The molecule has 3 atom stereocenters. The largest absolute Gasteiger partial charge is 0.488 e. The number of para-hydroxylation sites is 1. The summed E-state index contributed by atoms with van der Waals surface area (Å²) in [7, 11) is 0. The summed E-state index contributed by atoms with van der Waals surface area (Å²) in [6.45, 7) is 8.10. The Morgan fingerprint density at radius 1 is 1.15 bits per heavy atom. The lowest BCUT2D eigenvalue weighted by Gasteiger charge is -2.38. The highest BCUT2D eigenvalue weighted by molar-refractivity contribution is 5.79. The van der Waals surface area contributed by atoms with Gasteiger partial charge in [-0.25, -0.2) is 4.98 Å². The number of hydrogen-bond acceptors (Lipinski definition) is 6. The Labute approximate surface area is 242 Å². The minimum atomic E-state index is -0.638. The number of benzene rings is 2. The second kappa shape index (κ2) is 10.8. The summed E-state index contributed by atoms with van der Waals surface area (Å²) in [5.74, 6) is 1.31. The molecule has 3 aromatic rings. The van der Waals surface area contributed by atoms with E-state index in [0.29, 0.717) is 19.1 Å². The first kappa shape index (κ1) is 26.5. The average Bonchev–Trinajstić information content (AvgIpc) is 3.77. The Morgan fingerprint density at radius 2 is 2.05 bits per heavy atom. The number of anilines is 1. The van der Waals surface area contributed by atoms with Crippen LogP contribution in [-0.2, 0) is 29.1 Å². The molecule has 7 nitrogen and oxygen atoms in total. The number of pyridine rings is 1. The van der Waals surface area contributed by atoms with Gasteiger partial charge in [0.15, 0.2) is 0 Å². The van der Waals surface area contributed by atoms with Crippen LogP contribution in [0.1, 0.15) is 47.9 Å². The first-order valence-corrected chi connectivity index (χ1v) is 15.1. The van der Waals surface area contributed by atoms with Crippen LogP contribution in [0.15, 0.2) is 54.6 Å². The fourth-order valence-corrected chi connectivity index (χ4v) is 7.29. The average molecular weight is 554 g/mol. The summed E-state index contributed by atoms with van der Waals surface area (Å²) in [6.07, 6.45) is 4.94. The quantitative estimate of drug-likeness (QED) is 0.416. The zero-order valence-corrected chi connectivity index (χ0v) is 23.8. The Morgan fingerprint density at radius 3 is 2.88 bits per heavy atom. The maximum absolute atomic E-state index is 11.7. The van der Waals surface area contributed by atoms with Crippen LogP contribution < -0.4 is 9.64 Å². The number of carbonyl (C=O) groups is 1. The number of carboxylic acids is 1. The van der Waals surface area contributed by atoms with Crippen LogP contribution in [0, 0.1) is 18.3 Å². The molecule has 3 fully saturated rings. The zero-order chi connectivity index (χ0) is 28.0. The lowest BCUT2D eigenvalue weighted by molar-refractivity contribution is -0.144. The third-order valence-corrected chi connectivity index (χ3v) is 10.0. The highest BCUT2D eigenvalue weighted by atomic mass is 16.5. The van der Waals surface area contributed by atoms with Crippen molar-refractivity contribution in [2.75, 3.05) is 37.7 Å². The fraction of sp³-hybridized carbons (Fsp3) is 0.471. The molecular formula is C34H39N3O4. The molecule has 0 bridgehead atoms. The third-order valence-electron chi connectivity index (χ3n) is 10.0. The van der Waals surface area contributed by atoms with Gasteiger partial charge in [0.2, 0.25) is 0 Å². The summed E-state index contributed by atoms with van der Waals surface area (Å²) >= 11 is 0. The van der Waals surface area contributed by atoms with Crippen LogP contribution in [0.5, 0.6) is 5.75 Å². The van der Waals surface area contributed by atoms with E-state index in [4.69, 9.17) is 14.5 Å². The molecule has 0 amide bonds. The van der Waals surface area contributed by atoms with E-state index in [-0.39, 0.29) is 5.92 Å². The monoisotopic (exact) mass is 553 g/mol. The molecular weight excluding hydrogens is 514 g/mol. The maximum atomic E-state index is 11.7. The minimum Gasteiger partial charge on any atom is -0.488 e. The van der Waals surface area contributed by atoms with Gasteiger partial charge in [-0.05, 0) is 91.5 Å². The predicted molar refractivity (Wildman–Crippen MR) is 158 cm³/mol. The van der Waals surface area contributed by atoms with Crippen molar-refractivity contribution in [3.8, 4) is 17.0 Å². The van der Waals surface area contributed by atoms with Gasteiger partial charge in [0.1, 0.15) is 18.2 Å². The smallest absolute Gasteiger partial charge is 0.310 e. The minimum absolute atomic E-state index is 0.221. The van der Waals surface area contributed by atoms with Crippen molar-refractivity contribution in [1.29, 1.82) is 0 Å². The Hall–Kier alpha value is -3.42. The molecule has 0 radical (unpaired) electrons. The second-order valence-electron chi connectivity index (χ2n) is 12.3. The van der Waals surface area contributed by atoms with Gasteiger partial charge in [0.05, 0.1) is 17.7 Å². The maximum Gasteiger partial charge on any atom is 0.310 e. The van der Waals surface area contributed by atoms with Crippen LogP contribution in [0.3, 0.4) is 0 Å². The van der Waals surface area contributed by atoms with Gasteiger partial charge in [-0.3, -0.25) is 9.69 Å². The van der Waals surface area contributed by atoms with Gasteiger partial charge in [-0.1, -0.05) is 30.3 Å². The van der Waals surface area contributed by atoms with Crippen LogP contribution in [0.25, 0.3) is 11.3 Å². The van der Waals surface area contributed by atoms with E-state index in [0.717, 1.165) is 81.5 Å². The fourth-order valence-electron chi connectivity index (χ4n) is 7.29. The predicted octanol–water partition coefficient (Wildman–Crippen LogP) is 5.47. The summed E-state index contributed by atoms with van der Waals surface area (Å²) in [6, 6.07) is 19.3.